The summed E-state index contributed by atoms with van der Waals surface area (Å²) < 4.78 is 5.61. The van der Waals surface area contributed by atoms with Crippen LogP contribution in [0.25, 0.3) is 0 Å². The van der Waals surface area contributed by atoms with E-state index in [9.17, 15) is 0 Å². The third-order valence-electron chi connectivity index (χ3n) is 4.65. The minimum absolute atomic E-state index is 0.524. The number of hydrogen-bond acceptors (Lipinski definition) is 2. The fraction of sp³-hybridized carbons (Fsp3) is 0.800. The first-order chi connectivity index (χ1) is 8.86. The molecule has 18 heavy (non-hydrogen) atoms. The van der Waals surface area contributed by atoms with Crippen molar-refractivity contribution in [2.24, 2.45) is 0 Å². The van der Waals surface area contributed by atoms with Gasteiger partial charge in [-0.2, -0.15) is 0 Å². The summed E-state index contributed by atoms with van der Waals surface area (Å²) >= 11 is 6.53. The largest absolute Gasteiger partial charge is 0.359 e. The molecule has 2 nitrogen and oxygen atoms in total. The molecule has 1 aromatic heterocycles. The fourth-order valence-electron chi connectivity index (χ4n) is 3.55. The number of hydrogen-bond donors (Lipinski definition) is 0. The molecule has 2 aliphatic rings. The van der Waals surface area contributed by atoms with Crippen molar-refractivity contribution in [1.82, 2.24) is 5.16 Å². The Kier molecular flexibility index (Phi) is 3.93. The molecule has 0 atom stereocenters. The van der Waals surface area contributed by atoms with Gasteiger partial charge in [-0.15, -0.1) is 0 Å². The fourth-order valence-corrected chi connectivity index (χ4v) is 3.93. The van der Waals surface area contributed by atoms with Crippen LogP contribution in [0.1, 0.15) is 87.5 Å². The van der Waals surface area contributed by atoms with E-state index in [2.05, 4.69) is 5.16 Å². The number of halogens is 1. The molecule has 1 aromatic rings. The van der Waals surface area contributed by atoms with Crippen molar-refractivity contribution in [3.8, 4) is 0 Å². The molecule has 3 heteroatoms. The van der Waals surface area contributed by atoms with E-state index in [4.69, 9.17) is 16.1 Å². The quantitative estimate of drug-likeness (QED) is 0.715. The van der Waals surface area contributed by atoms with E-state index in [0.717, 1.165) is 16.5 Å². The molecule has 2 fully saturated rings. The van der Waals surface area contributed by atoms with Crippen LogP contribution in [0.2, 0.25) is 5.02 Å². The van der Waals surface area contributed by atoms with Crippen molar-refractivity contribution in [2.75, 3.05) is 0 Å². The van der Waals surface area contributed by atoms with Gasteiger partial charge in [-0.05, 0) is 25.7 Å². The molecular formula is C15H22ClNO. The molecule has 1 heterocycles. The van der Waals surface area contributed by atoms with Crippen molar-refractivity contribution in [1.29, 1.82) is 0 Å². The third-order valence-corrected chi connectivity index (χ3v) is 5.03. The van der Waals surface area contributed by atoms with Crippen LogP contribution < -0.4 is 0 Å². The van der Waals surface area contributed by atoms with Gasteiger partial charge in [0.25, 0.3) is 0 Å². The maximum atomic E-state index is 6.53. The monoisotopic (exact) mass is 267 g/mol. The van der Waals surface area contributed by atoms with Crippen LogP contribution in [0.5, 0.6) is 0 Å². The lowest BCUT2D eigenvalue weighted by atomic mass is 9.84. The summed E-state index contributed by atoms with van der Waals surface area (Å²) in [5.74, 6) is 2.06. The van der Waals surface area contributed by atoms with E-state index in [0.29, 0.717) is 11.8 Å². The van der Waals surface area contributed by atoms with E-state index in [1.165, 1.54) is 64.2 Å². The maximum absolute atomic E-state index is 6.53. The second-order valence-electron chi connectivity index (χ2n) is 5.92. The third kappa shape index (κ3) is 2.45. The SMILES string of the molecule is Clc1c(C2CCCCC2)noc1C1CCCCC1. The Labute approximate surface area is 114 Å². The normalized spacial score (nSPS) is 23.4. The lowest BCUT2D eigenvalue weighted by Gasteiger charge is -2.20. The van der Waals surface area contributed by atoms with Crippen LogP contribution in [-0.4, -0.2) is 5.16 Å². The first-order valence-electron chi connectivity index (χ1n) is 7.51. The predicted octanol–water partition coefficient (Wildman–Crippen LogP) is 5.42. The van der Waals surface area contributed by atoms with Crippen LogP contribution in [0, 0.1) is 0 Å². The highest BCUT2D eigenvalue weighted by molar-refractivity contribution is 6.31. The summed E-state index contributed by atoms with van der Waals surface area (Å²) in [4.78, 5) is 0. The van der Waals surface area contributed by atoms with Gasteiger partial charge in [0.2, 0.25) is 0 Å². The van der Waals surface area contributed by atoms with Gasteiger partial charge in [0, 0.05) is 11.8 Å². The van der Waals surface area contributed by atoms with Gasteiger partial charge in [-0.1, -0.05) is 55.3 Å². The molecule has 100 valence electrons. The van der Waals surface area contributed by atoms with E-state index in [1.807, 2.05) is 0 Å². The Morgan fingerprint density at radius 2 is 1.39 bits per heavy atom. The van der Waals surface area contributed by atoms with Crippen molar-refractivity contribution in [2.45, 2.75) is 76.0 Å². The Bertz CT molecular complexity index is 354. The maximum Gasteiger partial charge on any atom is 0.158 e. The Morgan fingerprint density at radius 1 is 0.833 bits per heavy atom. The highest BCUT2D eigenvalue weighted by atomic mass is 35.5. The van der Waals surface area contributed by atoms with E-state index in [-0.39, 0.29) is 0 Å². The molecule has 0 saturated heterocycles. The number of nitrogens with zero attached hydrogens (tertiary/aromatic N) is 1. The molecule has 0 unspecified atom stereocenters. The summed E-state index contributed by atoms with van der Waals surface area (Å²) in [7, 11) is 0. The second kappa shape index (κ2) is 5.64. The molecule has 2 aliphatic carbocycles. The molecule has 0 amide bonds. The summed E-state index contributed by atoms with van der Waals surface area (Å²) in [6, 6.07) is 0. The van der Waals surface area contributed by atoms with Gasteiger partial charge in [0.1, 0.15) is 10.7 Å². The second-order valence-corrected chi connectivity index (χ2v) is 6.29. The predicted molar refractivity (Wildman–Crippen MR) is 73.2 cm³/mol. The zero-order valence-corrected chi connectivity index (χ0v) is 11.7. The van der Waals surface area contributed by atoms with E-state index >= 15 is 0 Å². The zero-order valence-electron chi connectivity index (χ0n) is 11.0. The number of aromatic nitrogens is 1. The highest BCUT2D eigenvalue weighted by Crippen LogP contribution is 2.42. The highest BCUT2D eigenvalue weighted by Gasteiger charge is 2.28. The zero-order chi connectivity index (χ0) is 12.4. The van der Waals surface area contributed by atoms with Gasteiger partial charge >= 0.3 is 0 Å². The summed E-state index contributed by atoms with van der Waals surface area (Å²) in [6.45, 7) is 0. The average molecular weight is 268 g/mol. The van der Waals surface area contributed by atoms with Crippen LogP contribution >= 0.6 is 11.6 Å². The van der Waals surface area contributed by atoms with Gasteiger partial charge in [0.05, 0.1) is 0 Å². The van der Waals surface area contributed by atoms with Crippen molar-refractivity contribution >= 4 is 11.6 Å². The Hall–Kier alpha value is -0.500. The lowest BCUT2D eigenvalue weighted by molar-refractivity contribution is 0.313. The molecule has 2 saturated carbocycles. The molecule has 0 N–H and O–H groups in total. The molecule has 0 bridgehead atoms. The average Bonchev–Trinajstić information content (AvgIpc) is 2.83. The Morgan fingerprint density at radius 3 is 2.00 bits per heavy atom. The van der Waals surface area contributed by atoms with Crippen LogP contribution in [-0.2, 0) is 0 Å². The standard InChI is InChI=1S/C15H22ClNO/c16-13-14(11-7-3-1-4-8-11)17-18-15(13)12-9-5-2-6-10-12/h11-12H,1-10H2. The lowest BCUT2D eigenvalue weighted by Crippen LogP contribution is -2.06. The van der Waals surface area contributed by atoms with Gasteiger partial charge in [-0.3, -0.25) is 0 Å². The molecular weight excluding hydrogens is 246 g/mol. The number of rotatable bonds is 2. The van der Waals surface area contributed by atoms with Gasteiger partial charge in [0.15, 0.2) is 5.76 Å². The first-order valence-corrected chi connectivity index (χ1v) is 7.89. The minimum atomic E-state index is 0.524. The van der Waals surface area contributed by atoms with Gasteiger partial charge in [-0.25, -0.2) is 0 Å². The summed E-state index contributed by atoms with van der Waals surface area (Å²) in [5, 5.41) is 5.16. The van der Waals surface area contributed by atoms with Crippen LogP contribution in [0.3, 0.4) is 0 Å². The molecule has 0 aliphatic heterocycles. The summed E-state index contributed by atoms with van der Waals surface area (Å²) in [6.07, 6.45) is 12.9. The minimum Gasteiger partial charge on any atom is -0.359 e. The van der Waals surface area contributed by atoms with Crippen LogP contribution in [0.4, 0.5) is 0 Å². The topological polar surface area (TPSA) is 26.0 Å². The van der Waals surface area contributed by atoms with E-state index in [1.54, 1.807) is 0 Å². The van der Waals surface area contributed by atoms with E-state index < -0.39 is 0 Å². The van der Waals surface area contributed by atoms with Crippen molar-refractivity contribution in [3.63, 3.8) is 0 Å². The Balaban J connectivity index is 1.78. The molecule has 3 rings (SSSR count). The summed E-state index contributed by atoms with van der Waals surface area (Å²) in [5.41, 5.74) is 1.05. The molecule has 0 radical (unpaired) electrons. The first kappa shape index (κ1) is 12.5. The van der Waals surface area contributed by atoms with Gasteiger partial charge < -0.3 is 4.52 Å². The van der Waals surface area contributed by atoms with Crippen molar-refractivity contribution < 1.29 is 4.52 Å². The van der Waals surface area contributed by atoms with Crippen LogP contribution in [0.15, 0.2) is 4.52 Å². The molecule has 0 spiro atoms. The van der Waals surface area contributed by atoms with Crippen molar-refractivity contribution in [3.05, 3.63) is 16.5 Å². The molecule has 0 aromatic carbocycles. The smallest absolute Gasteiger partial charge is 0.158 e.